The van der Waals surface area contributed by atoms with E-state index in [0.717, 1.165) is 73.8 Å². The molecule has 0 saturated carbocycles. The van der Waals surface area contributed by atoms with Gasteiger partial charge in [0.05, 0.1) is 7.11 Å². The van der Waals surface area contributed by atoms with Crippen molar-refractivity contribution >= 4 is 47.3 Å². The smallest absolute Gasteiger partial charge is 0.333 e. The van der Waals surface area contributed by atoms with Crippen molar-refractivity contribution in [2.24, 2.45) is 5.92 Å². The number of rotatable bonds is 5. The van der Waals surface area contributed by atoms with Crippen LogP contribution in [-0.2, 0) is 43.1 Å². The first kappa shape index (κ1) is 66.6. The maximum atomic E-state index is 15.9. The van der Waals surface area contributed by atoms with E-state index in [0.29, 0.717) is 0 Å². The Morgan fingerprint density at radius 1 is 0.531 bits per heavy atom. The standard InChI is InChI=1S/C69H59N9O20/c1-28(2)17-40(36(26-70)27-71)62(87)72-53-33-10-16-44(81)48(20-33)98-47-21-34(19-45(82)29(47)3)54-65(90)74-55-35-22-49(96-38-11-5-30(6-12-38)59(84)57(67(92)75-54)77-64(53)89)61(86)50(23-35)97-39-13-7-31(8-14-39)60(85)58-68(93)76-56(69(94)95-4)42-24-37(79)25-46(83)51(42)41-18-32(9-15-43(41)80)52(63(88)78-58)73-66(55)91/h5-16,18-25,28,52-60,79-86H,17H2,1-4H3,(H,72,87)(H,73,91)(H,74,90)(H,75,92)(H,76,93)(H,77,89)(H,78,88)/t52-,53-,54+,55-,56+,57-,58+,59-,60-/m1/s1. The van der Waals surface area contributed by atoms with Crippen LogP contribution in [0, 0.1) is 35.5 Å². The van der Waals surface area contributed by atoms with Crippen LogP contribution in [0.1, 0.15) is 107 Å². The van der Waals surface area contributed by atoms with Crippen molar-refractivity contribution in [2.45, 2.75) is 81.7 Å². The number of benzene rings is 7. The van der Waals surface area contributed by atoms with Gasteiger partial charge in [0.15, 0.2) is 29.0 Å². The van der Waals surface area contributed by atoms with Gasteiger partial charge in [-0.05, 0) is 132 Å². The van der Waals surface area contributed by atoms with Gasteiger partial charge in [-0.2, -0.15) is 10.5 Å². The van der Waals surface area contributed by atoms with E-state index in [2.05, 4.69) is 37.2 Å². The Morgan fingerprint density at radius 2 is 1.02 bits per heavy atom. The number of carbonyl (C=O) groups excluding carboxylic acids is 8. The van der Waals surface area contributed by atoms with Crippen molar-refractivity contribution in [3.63, 3.8) is 0 Å². The molecule has 0 aliphatic carbocycles. The highest BCUT2D eigenvalue weighted by Gasteiger charge is 2.43. The quantitative estimate of drug-likeness (QED) is 0.0604. The van der Waals surface area contributed by atoms with Gasteiger partial charge < -0.3 is 97.0 Å². The number of nitrogens with zero attached hydrogens (tertiary/aromatic N) is 2. The molecule has 29 heteroatoms. The maximum Gasteiger partial charge on any atom is 0.333 e. The number of allylic oxidation sites excluding steroid dienone is 1. The summed E-state index contributed by atoms with van der Waals surface area (Å²) in [5, 5.41) is 131. The second kappa shape index (κ2) is 26.9. The average Bonchev–Trinajstić information content (AvgIpc) is 0.770. The summed E-state index contributed by atoms with van der Waals surface area (Å²) in [6.45, 7) is 4.77. The van der Waals surface area contributed by atoms with Gasteiger partial charge in [-0.3, -0.25) is 33.6 Å². The lowest BCUT2D eigenvalue weighted by Gasteiger charge is -2.31. The monoisotopic (exact) mass is 1330 g/mol. The van der Waals surface area contributed by atoms with Gasteiger partial charge >= 0.3 is 5.97 Å². The zero-order valence-corrected chi connectivity index (χ0v) is 51.9. The number of esters is 1. The number of amides is 7. The fraction of sp³-hybridized carbons (Fsp3) is 0.217. The van der Waals surface area contributed by atoms with E-state index >= 15 is 24.0 Å². The molecule has 500 valence electrons. The van der Waals surface area contributed by atoms with Crippen molar-refractivity contribution in [3.8, 4) is 92.3 Å². The summed E-state index contributed by atoms with van der Waals surface area (Å²) in [6, 6.07) is 11.7. The molecule has 7 aromatic carbocycles. The van der Waals surface area contributed by atoms with Crippen LogP contribution in [0.25, 0.3) is 11.1 Å². The predicted octanol–water partition coefficient (Wildman–Crippen LogP) is 5.11. The van der Waals surface area contributed by atoms with Crippen LogP contribution in [0.5, 0.6) is 69.0 Å². The fourth-order valence-electron chi connectivity index (χ4n) is 11.6. The second-order valence-electron chi connectivity index (χ2n) is 23.6. The second-order valence-corrected chi connectivity index (χ2v) is 23.6. The van der Waals surface area contributed by atoms with E-state index in [1.807, 2.05) is 0 Å². The van der Waals surface area contributed by atoms with Crippen LogP contribution in [0.2, 0.25) is 0 Å². The number of carbonyl (C=O) groups is 8. The molecule has 7 aromatic rings. The van der Waals surface area contributed by atoms with Gasteiger partial charge in [0.25, 0.3) is 0 Å². The van der Waals surface area contributed by atoms with Crippen molar-refractivity contribution in [1.82, 2.24) is 37.2 Å². The van der Waals surface area contributed by atoms with Crippen LogP contribution >= 0.6 is 0 Å². The number of hydrogen-bond donors (Lipinski definition) is 15. The molecule has 0 unspecified atom stereocenters. The third-order valence-electron chi connectivity index (χ3n) is 16.7. The summed E-state index contributed by atoms with van der Waals surface area (Å²) >= 11 is 0. The minimum absolute atomic E-state index is 0.0512. The van der Waals surface area contributed by atoms with E-state index in [4.69, 9.17) is 18.9 Å². The first-order valence-corrected chi connectivity index (χ1v) is 30.0. The molecule has 0 fully saturated rings. The lowest BCUT2D eigenvalue weighted by atomic mass is 9.89. The number of nitriles is 2. The average molecular weight is 1330 g/mol. The Labute approximate surface area is 555 Å². The lowest BCUT2D eigenvalue weighted by Crippen LogP contribution is -2.56. The molecule has 15 N–H and O–H groups in total. The van der Waals surface area contributed by atoms with Crippen molar-refractivity contribution in [1.29, 1.82) is 10.5 Å². The van der Waals surface area contributed by atoms with E-state index in [9.17, 15) is 65.8 Å². The number of nitrogens with one attached hydrogen (secondary N) is 7. The van der Waals surface area contributed by atoms with E-state index in [1.54, 1.807) is 26.0 Å². The highest BCUT2D eigenvalue weighted by molar-refractivity contribution is 6.02. The Morgan fingerprint density at radius 3 is 1.59 bits per heavy atom. The predicted molar refractivity (Wildman–Crippen MR) is 337 cm³/mol. The minimum atomic E-state index is -2.22. The zero-order valence-electron chi connectivity index (χ0n) is 51.9. The summed E-state index contributed by atoms with van der Waals surface area (Å²) in [5.74, 6) is -16.5. The Balaban J connectivity index is 1.12. The van der Waals surface area contributed by atoms with Crippen LogP contribution < -0.4 is 51.4 Å². The third kappa shape index (κ3) is 13.1. The molecule has 6 heterocycles. The summed E-state index contributed by atoms with van der Waals surface area (Å²) in [7, 11) is 0.961. The number of fused-ring (bicyclic) bond motifs is 14. The number of ether oxygens (including phenoxy) is 4. The Hall–Kier alpha value is -12.9. The van der Waals surface area contributed by atoms with E-state index in [1.165, 1.54) is 61.5 Å². The lowest BCUT2D eigenvalue weighted by molar-refractivity contribution is -0.146. The molecular weight excluding hydrogens is 1270 g/mol. The van der Waals surface area contributed by atoms with Gasteiger partial charge in [-0.1, -0.05) is 50.2 Å². The number of methoxy groups -OCH3 is 1. The maximum absolute atomic E-state index is 15.9. The number of aliphatic hydroxyl groups is 2. The summed E-state index contributed by atoms with van der Waals surface area (Å²) in [5.41, 5.74) is -3.40. The van der Waals surface area contributed by atoms with Gasteiger partial charge in [-0.15, -0.1) is 0 Å². The molecule has 17 bridgehead atoms. The van der Waals surface area contributed by atoms with Crippen molar-refractivity contribution < 1.29 is 98.2 Å². The molecule has 7 amide bonds. The molecule has 0 radical (unpaired) electrons. The molecule has 98 heavy (non-hydrogen) atoms. The largest absolute Gasteiger partial charge is 0.508 e. The van der Waals surface area contributed by atoms with Crippen molar-refractivity contribution in [3.05, 3.63) is 177 Å². The Bertz CT molecular complexity index is 4600. The van der Waals surface area contributed by atoms with Crippen LogP contribution in [0.15, 0.2) is 132 Å². The van der Waals surface area contributed by atoms with Gasteiger partial charge in [0.1, 0.15) is 106 Å². The zero-order chi connectivity index (χ0) is 70.3. The normalized spacial score (nSPS) is 21.1. The molecular formula is C69H59N9O20. The van der Waals surface area contributed by atoms with Gasteiger partial charge in [0.2, 0.25) is 47.1 Å². The molecule has 0 saturated heterocycles. The SMILES string of the molecule is COC(=O)[C@H]1NC(=O)[C@H]2NC(=O)[C@H](NC(=O)[C@@H]3NC(=O)[C@H]4NC(=O)[C@H](NC(=O)[C@H](NC(=O)C(CC(C)C)=C(C#N)C#N)c5ccc(O)c(c5)Oc5cc4cc(O)c5C)[C@H](O)c4ccc(cc4)Oc4cc3cc(c4O)Oc3ccc(cc3)[C@H]2O)c2ccc(O)c(c2)-c2c(O)cc(O)cc21. The first-order valence-electron chi connectivity index (χ1n) is 30.0. The van der Waals surface area contributed by atoms with Crippen LogP contribution in [0.4, 0.5) is 0 Å². The van der Waals surface area contributed by atoms with Gasteiger partial charge in [0, 0.05) is 33.9 Å². The first-order chi connectivity index (χ1) is 46.7. The molecule has 9 atom stereocenters. The van der Waals surface area contributed by atoms with Crippen LogP contribution in [-0.4, -0.2) is 107 Å². The van der Waals surface area contributed by atoms with E-state index < -0.39 is 165 Å². The fourth-order valence-corrected chi connectivity index (χ4v) is 11.6. The van der Waals surface area contributed by atoms with Crippen molar-refractivity contribution in [2.75, 3.05) is 7.11 Å². The molecule has 0 spiro atoms. The molecule has 13 rings (SSSR count). The van der Waals surface area contributed by atoms with Crippen LogP contribution in [0.3, 0.4) is 0 Å². The summed E-state index contributed by atoms with van der Waals surface area (Å²) in [6.07, 6.45) is -4.28. The number of aromatic hydroxyl groups is 6. The number of aliphatic hydroxyl groups excluding tert-OH is 2. The minimum Gasteiger partial charge on any atom is -0.508 e. The number of phenolic OH excluding ortho intramolecular Hbond substituents is 6. The van der Waals surface area contributed by atoms with Gasteiger partial charge in [-0.25, -0.2) is 4.79 Å². The highest BCUT2D eigenvalue weighted by atomic mass is 16.5. The molecule has 6 aliphatic rings. The Kier molecular flexibility index (Phi) is 18.3. The number of phenols is 6. The summed E-state index contributed by atoms with van der Waals surface area (Å²) in [4.78, 5) is 121. The molecule has 29 nitrogen and oxygen atoms in total. The van der Waals surface area contributed by atoms with E-state index in [-0.39, 0.29) is 85.2 Å². The highest BCUT2D eigenvalue weighted by Crippen LogP contribution is 2.47. The third-order valence-corrected chi connectivity index (χ3v) is 16.7. The molecule has 0 aromatic heterocycles. The molecule has 6 aliphatic heterocycles. The summed E-state index contributed by atoms with van der Waals surface area (Å²) < 4.78 is 23.7. The topological polar surface area (TPSA) is 467 Å². The number of hydrogen-bond acceptors (Lipinski definition) is 22.